The van der Waals surface area contributed by atoms with Gasteiger partial charge in [-0.1, -0.05) is 30.3 Å². The number of ether oxygens (including phenoxy) is 2. The second kappa shape index (κ2) is 9.34. The number of benzene rings is 3. The summed E-state index contributed by atoms with van der Waals surface area (Å²) in [5, 5.41) is 2.87. The Bertz CT molecular complexity index is 1060. The molecule has 0 bridgehead atoms. The number of rotatable bonds is 7. The number of carbonyl (C=O) groups is 2. The standard InChI is InChI=1S/C25H24N2O4/c1-30-21-9-11-22(12-10-21)31-17-24(28)26-20-8-13-23-19(15-20)7-14-25(29)27(23)16-18-5-3-2-4-6-18/h2-6,8-13,15H,7,14,16-17H2,1H3,(H,26,28). The van der Waals surface area contributed by atoms with Crippen molar-refractivity contribution >= 4 is 23.2 Å². The number of nitrogens with zero attached hydrogens (tertiary/aromatic N) is 1. The van der Waals surface area contributed by atoms with Gasteiger partial charge in [0, 0.05) is 17.8 Å². The molecule has 31 heavy (non-hydrogen) atoms. The minimum Gasteiger partial charge on any atom is -0.497 e. The van der Waals surface area contributed by atoms with E-state index >= 15 is 0 Å². The molecule has 2 amide bonds. The number of aryl methyl sites for hydroxylation is 1. The van der Waals surface area contributed by atoms with Crippen molar-refractivity contribution in [3.05, 3.63) is 83.9 Å². The van der Waals surface area contributed by atoms with Gasteiger partial charge in [-0.05, 0) is 60.0 Å². The zero-order valence-electron chi connectivity index (χ0n) is 17.3. The molecule has 3 aromatic rings. The second-order valence-corrected chi connectivity index (χ2v) is 7.32. The number of nitrogens with one attached hydrogen (secondary N) is 1. The number of amides is 2. The van der Waals surface area contributed by atoms with Gasteiger partial charge in [0.15, 0.2) is 6.61 Å². The Hall–Kier alpha value is -3.80. The average Bonchev–Trinajstić information content (AvgIpc) is 2.80. The van der Waals surface area contributed by atoms with Gasteiger partial charge in [0.1, 0.15) is 11.5 Å². The molecule has 1 N–H and O–H groups in total. The summed E-state index contributed by atoms with van der Waals surface area (Å²) in [6, 6.07) is 22.6. The quantitative estimate of drug-likeness (QED) is 0.627. The van der Waals surface area contributed by atoms with E-state index in [9.17, 15) is 9.59 Å². The molecule has 3 aromatic carbocycles. The highest BCUT2D eigenvalue weighted by atomic mass is 16.5. The fourth-order valence-electron chi connectivity index (χ4n) is 3.59. The third kappa shape index (κ3) is 5.04. The highest BCUT2D eigenvalue weighted by Crippen LogP contribution is 2.31. The smallest absolute Gasteiger partial charge is 0.262 e. The number of hydrogen-bond donors (Lipinski definition) is 1. The number of hydrogen-bond acceptors (Lipinski definition) is 4. The Kier molecular flexibility index (Phi) is 6.17. The zero-order chi connectivity index (χ0) is 21.6. The average molecular weight is 416 g/mol. The van der Waals surface area contributed by atoms with Gasteiger partial charge >= 0.3 is 0 Å². The lowest BCUT2D eigenvalue weighted by Gasteiger charge is -2.30. The van der Waals surface area contributed by atoms with Gasteiger partial charge < -0.3 is 19.7 Å². The van der Waals surface area contributed by atoms with Crippen LogP contribution in [0.4, 0.5) is 11.4 Å². The molecule has 1 aliphatic rings. The van der Waals surface area contributed by atoms with Gasteiger partial charge in [-0.15, -0.1) is 0 Å². The molecule has 0 aromatic heterocycles. The molecule has 0 radical (unpaired) electrons. The van der Waals surface area contributed by atoms with Crippen LogP contribution in [0.3, 0.4) is 0 Å². The van der Waals surface area contributed by atoms with Crippen LogP contribution in [0.2, 0.25) is 0 Å². The molecule has 0 fully saturated rings. The Morgan fingerprint density at radius 2 is 1.71 bits per heavy atom. The normalized spacial score (nSPS) is 12.8. The van der Waals surface area contributed by atoms with Crippen molar-refractivity contribution in [2.45, 2.75) is 19.4 Å². The Morgan fingerprint density at radius 3 is 2.45 bits per heavy atom. The van der Waals surface area contributed by atoms with Crippen LogP contribution < -0.4 is 19.7 Å². The lowest BCUT2D eigenvalue weighted by atomic mass is 9.99. The number of carbonyl (C=O) groups excluding carboxylic acids is 2. The van der Waals surface area contributed by atoms with Crippen LogP contribution in [0, 0.1) is 0 Å². The maximum absolute atomic E-state index is 12.5. The van der Waals surface area contributed by atoms with Gasteiger partial charge in [-0.3, -0.25) is 9.59 Å². The highest BCUT2D eigenvalue weighted by Gasteiger charge is 2.24. The van der Waals surface area contributed by atoms with Gasteiger partial charge in [-0.25, -0.2) is 0 Å². The molecule has 158 valence electrons. The monoisotopic (exact) mass is 416 g/mol. The fourth-order valence-corrected chi connectivity index (χ4v) is 3.59. The predicted molar refractivity (Wildman–Crippen MR) is 120 cm³/mol. The van der Waals surface area contributed by atoms with E-state index in [4.69, 9.17) is 9.47 Å². The molecule has 0 aliphatic carbocycles. The number of methoxy groups -OCH3 is 1. The molecule has 0 spiro atoms. The molecule has 4 rings (SSSR count). The second-order valence-electron chi connectivity index (χ2n) is 7.32. The van der Waals surface area contributed by atoms with E-state index in [1.807, 2.05) is 53.4 Å². The van der Waals surface area contributed by atoms with Crippen molar-refractivity contribution in [1.29, 1.82) is 0 Å². The van der Waals surface area contributed by atoms with Crippen LogP contribution in [0.5, 0.6) is 11.5 Å². The first-order valence-corrected chi connectivity index (χ1v) is 10.2. The maximum atomic E-state index is 12.5. The lowest BCUT2D eigenvalue weighted by molar-refractivity contribution is -0.119. The SMILES string of the molecule is COc1ccc(OCC(=O)Nc2ccc3c(c2)CCC(=O)N3Cc2ccccc2)cc1. The van der Waals surface area contributed by atoms with Crippen molar-refractivity contribution in [1.82, 2.24) is 0 Å². The molecule has 0 saturated carbocycles. The molecule has 6 nitrogen and oxygen atoms in total. The first-order valence-electron chi connectivity index (χ1n) is 10.2. The first-order chi connectivity index (χ1) is 15.1. The summed E-state index contributed by atoms with van der Waals surface area (Å²) in [6.07, 6.45) is 1.11. The largest absolute Gasteiger partial charge is 0.497 e. The molecule has 1 aliphatic heterocycles. The van der Waals surface area contributed by atoms with Crippen LogP contribution in [0.25, 0.3) is 0 Å². The van der Waals surface area contributed by atoms with Crippen LogP contribution >= 0.6 is 0 Å². The van der Waals surface area contributed by atoms with E-state index in [2.05, 4.69) is 5.32 Å². The molecular formula is C25H24N2O4. The summed E-state index contributed by atoms with van der Waals surface area (Å²) in [5.74, 6) is 1.19. The summed E-state index contributed by atoms with van der Waals surface area (Å²) in [5.41, 5.74) is 3.71. The molecule has 0 unspecified atom stereocenters. The number of fused-ring (bicyclic) bond motifs is 1. The van der Waals surface area contributed by atoms with Crippen molar-refractivity contribution in [2.24, 2.45) is 0 Å². The van der Waals surface area contributed by atoms with Crippen molar-refractivity contribution in [3.8, 4) is 11.5 Å². The van der Waals surface area contributed by atoms with Crippen LogP contribution in [-0.2, 0) is 22.6 Å². The summed E-state index contributed by atoms with van der Waals surface area (Å²) >= 11 is 0. The lowest BCUT2D eigenvalue weighted by Crippen LogP contribution is -2.34. The topological polar surface area (TPSA) is 67.9 Å². The van der Waals surface area contributed by atoms with E-state index in [0.29, 0.717) is 30.8 Å². The first kappa shape index (κ1) is 20.5. The van der Waals surface area contributed by atoms with Crippen molar-refractivity contribution < 1.29 is 19.1 Å². The molecular weight excluding hydrogens is 392 g/mol. The summed E-state index contributed by atoms with van der Waals surface area (Å²) in [7, 11) is 1.60. The molecule has 0 atom stereocenters. The zero-order valence-corrected chi connectivity index (χ0v) is 17.3. The summed E-state index contributed by atoms with van der Waals surface area (Å²) in [4.78, 5) is 26.6. The van der Waals surface area contributed by atoms with E-state index in [1.165, 1.54) is 0 Å². The third-order valence-electron chi connectivity index (χ3n) is 5.18. The van der Waals surface area contributed by atoms with E-state index in [1.54, 1.807) is 31.4 Å². The van der Waals surface area contributed by atoms with E-state index in [0.717, 1.165) is 22.6 Å². The van der Waals surface area contributed by atoms with Crippen LogP contribution in [0.15, 0.2) is 72.8 Å². The summed E-state index contributed by atoms with van der Waals surface area (Å²) in [6.45, 7) is 0.441. The van der Waals surface area contributed by atoms with Crippen molar-refractivity contribution in [2.75, 3.05) is 23.9 Å². The minimum absolute atomic E-state index is 0.0952. The van der Waals surface area contributed by atoms with Gasteiger partial charge in [0.2, 0.25) is 5.91 Å². The van der Waals surface area contributed by atoms with Gasteiger partial charge in [-0.2, -0.15) is 0 Å². The van der Waals surface area contributed by atoms with Gasteiger partial charge in [0.05, 0.1) is 13.7 Å². The van der Waals surface area contributed by atoms with Crippen LogP contribution in [-0.4, -0.2) is 25.5 Å². The molecule has 1 heterocycles. The predicted octanol–water partition coefficient (Wildman–Crippen LogP) is 4.19. The molecule has 6 heteroatoms. The van der Waals surface area contributed by atoms with Gasteiger partial charge in [0.25, 0.3) is 5.91 Å². The Morgan fingerprint density at radius 1 is 0.968 bits per heavy atom. The Labute approximate surface area is 181 Å². The van der Waals surface area contributed by atoms with Crippen LogP contribution in [0.1, 0.15) is 17.5 Å². The fraction of sp³-hybridized carbons (Fsp3) is 0.200. The highest BCUT2D eigenvalue weighted by molar-refractivity contribution is 5.97. The minimum atomic E-state index is -0.246. The molecule has 0 saturated heterocycles. The van der Waals surface area contributed by atoms with Crippen molar-refractivity contribution in [3.63, 3.8) is 0 Å². The Balaban J connectivity index is 1.40. The summed E-state index contributed by atoms with van der Waals surface area (Å²) < 4.78 is 10.6. The van der Waals surface area contributed by atoms with E-state index < -0.39 is 0 Å². The van der Waals surface area contributed by atoms with E-state index in [-0.39, 0.29) is 18.4 Å². The number of anilines is 2. The maximum Gasteiger partial charge on any atom is 0.262 e. The third-order valence-corrected chi connectivity index (χ3v) is 5.18.